The largest absolute Gasteiger partial charge is 0.341 e. The number of rotatable bonds is 6. The monoisotopic (exact) mass is 503 g/mol. The van der Waals surface area contributed by atoms with Gasteiger partial charge in [-0.05, 0) is 35.9 Å². The van der Waals surface area contributed by atoms with Crippen LogP contribution in [0.15, 0.2) is 50.7 Å². The van der Waals surface area contributed by atoms with Crippen molar-refractivity contribution in [3.8, 4) is 6.07 Å². The highest BCUT2D eigenvalue weighted by Gasteiger charge is 2.27. The number of Topliss-reactive ketones (excluding diaryl/α,β-unsaturated/α-hetero) is 1. The van der Waals surface area contributed by atoms with Gasteiger partial charge in [-0.15, -0.1) is 0 Å². The van der Waals surface area contributed by atoms with E-state index in [1.54, 1.807) is 40.6 Å². The van der Waals surface area contributed by atoms with E-state index in [1.807, 2.05) is 17.0 Å². The molecule has 1 aromatic carbocycles. The predicted molar refractivity (Wildman–Crippen MR) is 138 cm³/mol. The normalized spacial score (nSPS) is 15.8. The second-order valence-electron chi connectivity index (χ2n) is 8.96. The van der Waals surface area contributed by atoms with Crippen LogP contribution >= 0.6 is 11.3 Å². The van der Waals surface area contributed by atoms with Crippen molar-refractivity contribution < 1.29 is 4.79 Å². The lowest BCUT2D eigenvalue weighted by Crippen LogP contribution is -2.44. The van der Waals surface area contributed by atoms with E-state index in [2.05, 4.69) is 6.07 Å². The molecule has 0 radical (unpaired) electrons. The number of thiophene rings is 1. The summed E-state index contributed by atoms with van der Waals surface area (Å²) in [7, 11) is 1.54. The van der Waals surface area contributed by atoms with Crippen molar-refractivity contribution in [2.75, 3.05) is 18.0 Å². The van der Waals surface area contributed by atoms with E-state index in [-0.39, 0.29) is 36.1 Å². The zero-order valence-corrected chi connectivity index (χ0v) is 20.6. The van der Waals surface area contributed by atoms with Crippen LogP contribution < -0.4 is 21.9 Å². The van der Waals surface area contributed by atoms with Gasteiger partial charge in [0.2, 0.25) is 5.95 Å². The quantitative estimate of drug-likeness (QED) is 0.396. The summed E-state index contributed by atoms with van der Waals surface area (Å²) in [5, 5.41) is 13.1. The number of piperidine rings is 1. The molecule has 0 aliphatic carbocycles. The number of fused-ring (bicyclic) bond motifs is 1. The van der Waals surface area contributed by atoms with Crippen LogP contribution in [0.5, 0.6) is 0 Å². The van der Waals surface area contributed by atoms with Crippen molar-refractivity contribution in [2.24, 2.45) is 12.8 Å². The van der Waals surface area contributed by atoms with Crippen molar-refractivity contribution in [3.63, 3.8) is 0 Å². The summed E-state index contributed by atoms with van der Waals surface area (Å²) in [6.45, 7) is 1.09. The van der Waals surface area contributed by atoms with Gasteiger partial charge in [-0.3, -0.25) is 23.3 Å². The predicted octanol–water partition coefficient (Wildman–Crippen LogP) is 1.69. The van der Waals surface area contributed by atoms with Crippen molar-refractivity contribution in [1.29, 1.82) is 5.26 Å². The van der Waals surface area contributed by atoms with Crippen LogP contribution in [-0.4, -0.2) is 43.6 Å². The van der Waals surface area contributed by atoms with Gasteiger partial charge in [-0.1, -0.05) is 18.2 Å². The van der Waals surface area contributed by atoms with Crippen LogP contribution in [0.3, 0.4) is 0 Å². The minimum atomic E-state index is -0.611. The van der Waals surface area contributed by atoms with Crippen molar-refractivity contribution in [2.45, 2.75) is 32.0 Å². The molecule has 0 amide bonds. The standard InChI is InChI=1S/C25H25N7O3S/c1-29-22-21(23(34)32(25(29)35)14-20(33)18-8-10-36-15-18)31(12-17-6-3-2-5-16(17)11-26)24(28-22)30-9-4-7-19(27)13-30/h2-3,5-6,8,10,15,19H,4,7,9,12-14,27H2,1H3. The number of nitrogens with two attached hydrogens (primary N) is 1. The smallest absolute Gasteiger partial charge is 0.332 e. The number of aryl methyl sites for hydroxylation is 1. The molecule has 1 atom stereocenters. The lowest BCUT2D eigenvalue weighted by atomic mass is 10.1. The van der Waals surface area contributed by atoms with E-state index in [9.17, 15) is 19.6 Å². The summed E-state index contributed by atoms with van der Waals surface area (Å²) in [4.78, 5) is 46.5. The fourth-order valence-corrected chi connectivity index (χ4v) is 5.34. The zero-order valence-electron chi connectivity index (χ0n) is 19.8. The Hall–Kier alpha value is -4.01. The van der Waals surface area contributed by atoms with E-state index >= 15 is 0 Å². The minimum Gasteiger partial charge on any atom is -0.341 e. The number of anilines is 1. The molecule has 36 heavy (non-hydrogen) atoms. The first-order chi connectivity index (χ1) is 17.4. The van der Waals surface area contributed by atoms with Crippen molar-refractivity contribution >= 4 is 34.2 Å². The molecule has 4 heterocycles. The number of carbonyl (C=O) groups excluding carboxylic acids is 1. The van der Waals surface area contributed by atoms with E-state index < -0.39 is 11.2 Å². The van der Waals surface area contributed by atoms with E-state index in [4.69, 9.17) is 10.7 Å². The first-order valence-corrected chi connectivity index (χ1v) is 12.6. The molecule has 1 unspecified atom stereocenters. The van der Waals surface area contributed by atoms with Gasteiger partial charge in [-0.25, -0.2) is 4.79 Å². The molecule has 1 aliphatic heterocycles. The second-order valence-corrected chi connectivity index (χ2v) is 9.74. The SMILES string of the molecule is Cn1c(=O)n(CC(=O)c2ccsc2)c(=O)c2c1nc(N1CCCC(N)C1)n2Cc1ccccc1C#N. The maximum Gasteiger partial charge on any atom is 0.332 e. The molecule has 4 aromatic rings. The summed E-state index contributed by atoms with van der Waals surface area (Å²) >= 11 is 1.37. The van der Waals surface area contributed by atoms with Crippen LogP contribution in [0.4, 0.5) is 5.95 Å². The fraction of sp³-hybridized carbons (Fsp3) is 0.320. The zero-order chi connectivity index (χ0) is 25.4. The average Bonchev–Trinajstić information content (AvgIpc) is 3.55. The van der Waals surface area contributed by atoms with Crippen molar-refractivity contribution in [3.05, 3.63) is 78.6 Å². The number of imidazole rings is 1. The molecular formula is C25H25N7O3S. The third kappa shape index (κ3) is 4.14. The lowest BCUT2D eigenvalue weighted by Gasteiger charge is -2.32. The van der Waals surface area contributed by atoms with Gasteiger partial charge in [0.1, 0.15) is 0 Å². The molecule has 0 saturated carbocycles. The number of carbonyl (C=O) groups is 1. The highest BCUT2D eigenvalue weighted by Crippen LogP contribution is 2.25. The molecule has 184 valence electrons. The van der Waals surface area contributed by atoms with Gasteiger partial charge in [-0.2, -0.15) is 21.6 Å². The maximum absolute atomic E-state index is 13.8. The summed E-state index contributed by atoms with van der Waals surface area (Å²) in [6, 6.07) is 11.0. The van der Waals surface area contributed by atoms with Gasteiger partial charge >= 0.3 is 5.69 Å². The highest BCUT2D eigenvalue weighted by atomic mass is 32.1. The van der Waals surface area contributed by atoms with Crippen LogP contribution in [-0.2, 0) is 20.1 Å². The van der Waals surface area contributed by atoms with Gasteiger partial charge in [0.05, 0.1) is 24.7 Å². The van der Waals surface area contributed by atoms with Crippen LogP contribution in [0.25, 0.3) is 11.2 Å². The molecule has 2 N–H and O–H groups in total. The summed E-state index contributed by atoms with van der Waals surface area (Å²) in [6.07, 6.45) is 1.77. The summed E-state index contributed by atoms with van der Waals surface area (Å²) in [5.74, 6) is 0.194. The van der Waals surface area contributed by atoms with Gasteiger partial charge in [0.25, 0.3) is 5.56 Å². The maximum atomic E-state index is 13.8. The third-order valence-corrected chi connectivity index (χ3v) is 7.25. The number of benzene rings is 1. The molecule has 1 saturated heterocycles. The molecular weight excluding hydrogens is 478 g/mol. The first-order valence-electron chi connectivity index (χ1n) is 11.6. The van der Waals surface area contributed by atoms with E-state index in [1.165, 1.54) is 15.9 Å². The van der Waals surface area contributed by atoms with Gasteiger partial charge in [0.15, 0.2) is 16.9 Å². The number of hydrogen-bond acceptors (Lipinski definition) is 8. The first kappa shape index (κ1) is 23.7. The number of nitrogens with zero attached hydrogens (tertiary/aromatic N) is 6. The second kappa shape index (κ2) is 9.56. The Labute approximate surface area is 210 Å². The van der Waals surface area contributed by atoms with Crippen LogP contribution in [0, 0.1) is 11.3 Å². The molecule has 1 fully saturated rings. The molecule has 3 aromatic heterocycles. The average molecular weight is 504 g/mol. The Kier molecular flexibility index (Phi) is 6.30. The topological polar surface area (TPSA) is 132 Å². The molecule has 0 spiro atoms. The summed E-state index contributed by atoms with van der Waals surface area (Å²) in [5.41, 5.74) is 7.12. The number of ketones is 1. The van der Waals surface area contributed by atoms with Gasteiger partial charge in [0, 0.05) is 37.1 Å². The Balaban J connectivity index is 1.72. The molecule has 1 aliphatic rings. The van der Waals surface area contributed by atoms with E-state index in [0.29, 0.717) is 30.2 Å². The number of aromatic nitrogens is 4. The number of hydrogen-bond donors (Lipinski definition) is 1. The molecule has 10 nitrogen and oxygen atoms in total. The summed E-state index contributed by atoms with van der Waals surface area (Å²) < 4.78 is 4.01. The van der Waals surface area contributed by atoms with E-state index in [0.717, 1.165) is 23.0 Å². The van der Waals surface area contributed by atoms with Crippen molar-refractivity contribution in [1.82, 2.24) is 18.7 Å². The van der Waals surface area contributed by atoms with Crippen LogP contribution in [0.1, 0.15) is 34.3 Å². The fourth-order valence-electron chi connectivity index (χ4n) is 4.68. The lowest BCUT2D eigenvalue weighted by molar-refractivity contribution is 0.0969. The Morgan fingerprint density at radius 2 is 2.06 bits per heavy atom. The Bertz CT molecular complexity index is 1610. The Morgan fingerprint density at radius 1 is 1.25 bits per heavy atom. The highest BCUT2D eigenvalue weighted by molar-refractivity contribution is 7.08. The molecule has 11 heteroatoms. The van der Waals surface area contributed by atoms with Crippen LogP contribution in [0.2, 0.25) is 0 Å². The molecule has 5 rings (SSSR count). The number of nitriles is 1. The van der Waals surface area contributed by atoms with Gasteiger partial charge < -0.3 is 10.6 Å². The Morgan fingerprint density at radius 3 is 2.78 bits per heavy atom. The third-order valence-electron chi connectivity index (χ3n) is 6.56. The molecule has 0 bridgehead atoms. The minimum absolute atomic E-state index is 0.0397.